The molecule has 0 amide bonds. The molecule has 1 N–H and O–H groups in total. The normalized spacial score (nSPS) is 24.7. The molecule has 1 unspecified atom stereocenters. The van der Waals surface area contributed by atoms with Gasteiger partial charge in [-0.3, -0.25) is 4.90 Å². The van der Waals surface area contributed by atoms with Gasteiger partial charge in [-0.05, 0) is 31.4 Å². The standard InChI is InChI=1S/C14H18ClFN2/c15-11-2-1-10(14(16)7-11)8-17-12-5-6-18(9-12)13-3-4-13/h1-2,7,12-13,17H,3-6,8-9H2. The van der Waals surface area contributed by atoms with E-state index in [1.165, 1.54) is 31.9 Å². The minimum absolute atomic E-state index is 0.216. The molecule has 98 valence electrons. The fourth-order valence-corrected chi connectivity index (χ4v) is 2.80. The Morgan fingerprint density at radius 1 is 1.33 bits per heavy atom. The maximum atomic E-state index is 13.6. The average Bonchev–Trinajstić information content (AvgIpc) is 3.08. The van der Waals surface area contributed by atoms with Gasteiger partial charge in [0.05, 0.1) is 0 Å². The molecule has 1 atom stereocenters. The van der Waals surface area contributed by atoms with Crippen molar-refractivity contribution in [3.05, 3.63) is 34.6 Å². The van der Waals surface area contributed by atoms with E-state index in [4.69, 9.17) is 11.6 Å². The first-order valence-electron chi connectivity index (χ1n) is 6.64. The minimum Gasteiger partial charge on any atom is -0.308 e. The molecule has 1 aromatic carbocycles. The van der Waals surface area contributed by atoms with Crippen molar-refractivity contribution in [2.45, 2.75) is 37.9 Å². The summed E-state index contributed by atoms with van der Waals surface area (Å²) in [6.07, 6.45) is 3.89. The third-order valence-corrected chi connectivity index (χ3v) is 4.11. The van der Waals surface area contributed by atoms with E-state index in [-0.39, 0.29) is 5.82 Å². The molecule has 2 fully saturated rings. The summed E-state index contributed by atoms with van der Waals surface area (Å²) in [6.45, 7) is 2.89. The van der Waals surface area contributed by atoms with Crippen molar-refractivity contribution in [2.75, 3.05) is 13.1 Å². The lowest BCUT2D eigenvalue weighted by atomic mass is 10.2. The van der Waals surface area contributed by atoms with E-state index in [9.17, 15) is 4.39 Å². The molecule has 1 heterocycles. The van der Waals surface area contributed by atoms with E-state index in [2.05, 4.69) is 10.2 Å². The second kappa shape index (κ2) is 5.16. The third kappa shape index (κ3) is 2.85. The lowest BCUT2D eigenvalue weighted by molar-refractivity contribution is 0.317. The highest BCUT2D eigenvalue weighted by Crippen LogP contribution is 2.29. The van der Waals surface area contributed by atoms with Crippen LogP contribution >= 0.6 is 11.6 Å². The van der Waals surface area contributed by atoms with Crippen molar-refractivity contribution in [1.82, 2.24) is 10.2 Å². The van der Waals surface area contributed by atoms with Crippen molar-refractivity contribution < 1.29 is 4.39 Å². The average molecular weight is 269 g/mol. The second-order valence-corrected chi connectivity index (χ2v) is 5.76. The van der Waals surface area contributed by atoms with E-state index in [1.54, 1.807) is 12.1 Å². The van der Waals surface area contributed by atoms with Gasteiger partial charge in [0.2, 0.25) is 0 Å². The van der Waals surface area contributed by atoms with Crippen molar-refractivity contribution in [3.8, 4) is 0 Å². The maximum Gasteiger partial charge on any atom is 0.129 e. The van der Waals surface area contributed by atoms with E-state index >= 15 is 0 Å². The van der Waals surface area contributed by atoms with Gasteiger partial charge in [0, 0.05) is 42.3 Å². The van der Waals surface area contributed by atoms with Crippen LogP contribution in [0.3, 0.4) is 0 Å². The Morgan fingerprint density at radius 2 is 2.17 bits per heavy atom. The van der Waals surface area contributed by atoms with Gasteiger partial charge >= 0.3 is 0 Å². The van der Waals surface area contributed by atoms with Crippen LogP contribution < -0.4 is 5.32 Å². The Hall–Kier alpha value is -0.640. The zero-order chi connectivity index (χ0) is 12.5. The van der Waals surface area contributed by atoms with E-state index in [1.807, 2.05) is 0 Å². The summed E-state index contributed by atoms with van der Waals surface area (Å²) in [4.78, 5) is 2.55. The maximum absolute atomic E-state index is 13.6. The van der Waals surface area contributed by atoms with Crippen LogP contribution in [-0.4, -0.2) is 30.1 Å². The lowest BCUT2D eigenvalue weighted by Gasteiger charge is -2.16. The lowest BCUT2D eigenvalue weighted by Crippen LogP contribution is -2.33. The van der Waals surface area contributed by atoms with Crippen LogP contribution in [0, 0.1) is 5.82 Å². The number of nitrogens with one attached hydrogen (secondary N) is 1. The van der Waals surface area contributed by atoms with Gasteiger partial charge in [-0.15, -0.1) is 0 Å². The largest absolute Gasteiger partial charge is 0.308 e. The molecule has 1 aromatic rings. The topological polar surface area (TPSA) is 15.3 Å². The number of hydrogen-bond acceptors (Lipinski definition) is 2. The monoisotopic (exact) mass is 268 g/mol. The summed E-state index contributed by atoms with van der Waals surface area (Å²) in [5.41, 5.74) is 0.698. The smallest absolute Gasteiger partial charge is 0.129 e. The van der Waals surface area contributed by atoms with Crippen LogP contribution in [0.4, 0.5) is 4.39 Å². The summed E-state index contributed by atoms with van der Waals surface area (Å²) < 4.78 is 13.6. The SMILES string of the molecule is Fc1cc(Cl)ccc1CNC1CCN(C2CC2)C1. The number of hydrogen-bond donors (Lipinski definition) is 1. The predicted molar refractivity (Wildman–Crippen MR) is 71.2 cm³/mol. The van der Waals surface area contributed by atoms with Crippen molar-refractivity contribution in [3.63, 3.8) is 0 Å². The molecular weight excluding hydrogens is 251 g/mol. The Bertz CT molecular complexity index is 434. The Kier molecular flexibility index (Phi) is 3.55. The molecule has 1 saturated carbocycles. The van der Waals surface area contributed by atoms with Crippen LogP contribution in [-0.2, 0) is 6.54 Å². The molecule has 4 heteroatoms. The summed E-state index contributed by atoms with van der Waals surface area (Å²) in [6, 6.07) is 6.22. The van der Waals surface area contributed by atoms with Gasteiger partial charge in [0.25, 0.3) is 0 Å². The van der Waals surface area contributed by atoms with Crippen LogP contribution in [0.25, 0.3) is 0 Å². The summed E-state index contributed by atoms with van der Waals surface area (Å²) in [7, 11) is 0. The van der Waals surface area contributed by atoms with Crippen LogP contribution in [0.1, 0.15) is 24.8 Å². The number of benzene rings is 1. The van der Waals surface area contributed by atoms with E-state index in [0.29, 0.717) is 23.2 Å². The van der Waals surface area contributed by atoms with Crippen molar-refractivity contribution in [1.29, 1.82) is 0 Å². The Balaban J connectivity index is 1.51. The zero-order valence-electron chi connectivity index (χ0n) is 10.3. The minimum atomic E-state index is -0.216. The number of nitrogens with zero attached hydrogens (tertiary/aromatic N) is 1. The van der Waals surface area contributed by atoms with Gasteiger partial charge in [-0.1, -0.05) is 17.7 Å². The van der Waals surface area contributed by atoms with Crippen molar-refractivity contribution >= 4 is 11.6 Å². The fourth-order valence-electron chi connectivity index (χ4n) is 2.64. The molecule has 1 saturated heterocycles. The molecule has 2 nitrogen and oxygen atoms in total. The number of halogens is 2. The third-order valence-electron chi connectivity index (χ3n) is 3.88. The van der Waals surface area contributed by atoms with Crippen LogP contribution in [0.5, 0.6) is 0 Å². The molecule has 18 heavy (non-hydrogen) atoms. The molecule has 0 spiro atoms. The predicted octanol–water partition coefficient (Wildman–Crippen LogP) is 2.81. The van der Waals surface area contributed by atoms with Gasteiger partial charge in [0.15, 0.2) is 0 Å². The summed E-state index contributed by atoms with van der Waals surface area (Å²) in [5, 5.41) is 3.90. The second-order valence-electron chi connectivity index (χ2n) is 5.33. The fraction of sp³-hybridized carbons (Fsp3) is 0.571. The highest BCUT2D eigenvalue weighted by atomic mass is 35.5. The molecule has 0 radical (unpaired) electrons. The van der Waals surface area contributed by atoms with Gasteiger partial charge in [0.1, 0.15) is 5.82 Å². The van der Waals surface area contributed by atoms with Crippen molar-refractivity contribution in [2.24, 2.45) is 0 Å². The summed E-state index contributed by atoms with van der Waals surface area (Å²) in [5.74, 6) is -0.216. The number of rotatable bonds is 4. The molecule has 2 aliphatic rings. The van der Waals surface area contributed by atoms with E-state index in [0.717, 1.165) is 12.6 Å². The Morgan fingerprint density at radius 3 is 2.89 bits per heavy atom. The van der Waals surface area contributed by atoms with Crippen LogP contribution in [0.15, 0.2) is 18.2 Å². The van der Waals surface area contributed by atoms with Gasteiger partial charge in [-0.25, -0.2) is 4.39 Å². The molecular formula is C14H18ClFN2. The first-order valence-corrected chi connectivity index (χ1v) is 7.01. The first-order chi connectivity index (χ1) is 8.72. The quantitative estimate of drug-likeness (QED) is 0.903. The zero-order valence-corrected chi connectivity index (χ0v) is 11.1. The highest BCUT2D eigenvalue weighted by molar-refractivity contribution is 6.30. The molecule has 0 bridgehead atoms. The molecule has 1 aliphatic carbocycles. The molecule has 0 aromatic heterocycles. The molecule has 1 aliphatic heterocycles. The van der Waals surface area contributed by atoms with Gasteiger partial charge in [-0.2, -0.15) is 0 Å². The van der Waals surface area contributed by atoms with Crippen LogP contribution in [0.2, 0.25) is 5.02 Å². The van der Waals surface area contributed by atoms with Gasteiger partial charge < -0.3 is 5.32 Å². The first kappa shape index (κ1) is 12.4. The molecule has 3 rings (SSSR count). The number of likely N-dealkylation sites (tertiary alicyclic amines) is 1. The van der Waals surface area contributed by atoms with E-state index < -0.39 is 0 Å². The Labute approximate surface area is 112 Å². The highest BCUT2D eigenvalue weighted by Gasteiger charge is 2.34. The summed E-state index contributed by atoms with van der Waals surface area (Å²) >= 11 is 5.74.